The molecule has 0 amide bonds. The molecule has 1 heterocycles. The van der Waals surface area contributed by atoms with E-state index in [1.165, 1.54) is 19.7 Å². The lowest BCUT2D eigenvalue weighted by Gasteiger charge is -2.13. The molecule has 0 aliphatic heterocycles. The summed E-state index contributed by atoms with van der Waals surface area (Å²) in [4.78, 5) is 0. The second kappa shape index (κ2) is 6.29. The first kappa shape index (κ1) is 16.2. The number of aryl methyl sites for hydroxylation is 1. The highest BCUT2D eigenvalue weighted by molar-refractivity contribution is 7.90. The van der Waals surface area contributed by atoms with Gasteiger partial charge in [-0.3, -0.25) is 4.72 Å². The zero-order valence-electron chi connectivity index (χ0n) is 13.0. The Balaban J connectivity index is 2.14. The first-order valence-electron chi connectivity index (χ1n) is 6.67. The van der Waals surface area contributed by atoms with Crippen LogP contribution in [0.1, 0.15) is 11.1 Å². The van der Waals surface area contributed by atoms with Crippen LogP contribution >= 0.6 is 0 Å². The number of nitrogens with one attached hydrogen (secondary N) is 2. The van der Waals surface area contributed by atoms with E-state index >= 15 is 0 Å². The Morgan fingerprint density at radius 2 is 1.64 bits per heavy atom. The third kappa shape index (κ3) is 3.71. The molecule has 118 valence electrons. The van der Waals surface area contributed by atoms with Gasteiger partial charge < -0.3 is 5.32 Å². The molecule has 2 rings (SSSR count). The van der Waals surface area contributed by atoms with Crippen molar-refractivity contribution in [3.8, 4) is 0 Å². The molecular formula is C14H19N5O2S. The third-order valence-corrected chi connectivity index (χ3v) is 4.67. The molecule has 0 fully saturated rings. The second-order valence-corrected chi connectivity index (χ2v) is 6.95. The zero-order valence-corrected chi connectivity index (χ0v) is 13.8. The van der Waals surface area contributed by atoms with Crippen molar-refractivity contribution in [3.05, 3.63) is 41.5 Å². The van der Waals surface area contributed by atoms with Crippen molar-refractivity contribution >= 4 is 27.5 Å². The molecule has 1 aromatic carbocycles. The van der Waals surface area contributed by atoms with Gasteiger partial charge in [-0.1, -0.05) is 12.1 Å². The summed E-state index contributed by atoms with van der Waals surface area (Å²) in [5.41, 5.74) is 3.24. The molecule has 22 heavy (non-hydrogen) atoms. The smallest absolute Gasteiger partial charge is 0.302 e. The number of rotatable bonds is 5. The molecule has 8 heteroatoms. The first-order valence-corrected chi connectivity index (χ1v) is 8.11. The standard InChI is InChI=1S/C14H19N5O2S/c1-10-6-5-7-12(11(10)2)15-13-8-9-14(17-16-13)18-22(20,21)19(3)4/h5-9H,1-4H3,(H,15,16)(H,17,18). The molecule has 2 aromatic rings. The van der Waals surface area contributed by atoms with Gasteiger partial charge >= 0.3 is 10.2 Å². The lowest BCUT2D eigenvalue weighted by molar-refractivity contribution is 0.526. The molecule has 1 aromatic heterocycles. The van der Waals surface area contributed by atoms with Gasteiger partial charge in [-0.05, 0) is 43.2 Å². The van der Waals surface area contributed by atoms with E-state index in [1.807, 2.05) is 32.0 Å². The summed E-state index contributed by atoms with van der Waals surface area (Å²) in [5, 5.41) is 11.0. The van der Waals surface area contributed by atoms with E-state index in [1.54, 1.807) is 12.1 Å². The van der Waals surface area contributed by atoms with E-state index in [0.717, 1.165) is 15.6 Å². The lowest BCUT2D eigenvalue weighted by Crippen LogP contribution is -2.29. The summed E-state index contributed by atoms with van der Waals surface area (Å²) in [6.07, 6.45) is 0. The highest BCUT2D eigenvalue weighted by Crippen LogP contribution is 2.21. The molecule has 0 atom stereocenters. The van der Waals surface area contributed by atoms with Crippen LogP contribution in [0.25, 0.3) is 0 Å². The fourth-order valence-electron chi connectivity index (χ4n) is 1.70. The van der Waals surface area contributed by atoms with Crippen LogP contribution in [0, 0.1) is 13.8 Å². The Morgan fingerprint density at radius 1 is 1.00 bits per heavy atom. The summed E-state index contributed by atoms with van der Waals surface area (Å²) >= 11 is 0. The van der Waals surface area contributed by atoms with Crippen molar-refractivity contribution in [2.24, 2.45) is 0 Å². The average molecular weight is 321 g/mol. The lowest BCUT2D eigenvalue weighted by atomic mass is 10.1. The maximum atomic E-state index is 11.7. The van der Waals surface area contributed by atoms with Crippen molar-refractivity contribution in [2.75, 3.05) is 24.1 Å². The van der Waals surface area contributed by atoms with Crippen molar-refractivity contribution in [3.63, 3.8) is 0 Å². The Bertz CT molecular complexity index is 757. The van der Waals surface area contributed by atoms with E-state index < -0.39 is 10.2 Å². The molecule has 0 aliphatic carbocycles. The van der Waals surface area contributed by atoms with E-state index in [-0.39, 0.29) is 5.82 Å². The molecule has 0 bridgehead atoms. The second-order valence-electron chi connectivity index (χ2n) is 5.07. The number of nitrogens with zero attached hydrogens (tertiary/aromatic N) is 3. The molecule has 2 N–H and O–H groups in total. The van der Waals surface area contributed by atoms with E-state index in [9.17, 15) is 8.42 Å². The van der Waals surface area contributed by atoms with Crippen LogP contribution in [0.4, 0.5) is 17.3 Å². The van der Waals surface area contributed by atoms with E-state index in [2.05, 4.69) is 20.2 Å². The summed E-state index contributed by atoms with van der Waals surface area (Å²) in [7, 11) is -0.701. The van der Waals surface area contributed by atoms with Crippen LogP contribution in [-0.4, -0.2) is 37.0 Å². The van der Waals surface area contributed by atoms with Crippen LogP contribution in [0.5, 0.6) is 0 Å². The number of anilines is 3. The normalized spacial score (nSPS) is 11.5. The number of hydrogen-bond donors (Lipinski definition) is 2. The minimum absolute atomic E-state index is 0.167. The van der Waals surface area contributed by atoms with Gasteiger partial charge in [0.1, 0.15) is 0 Å². The molecule has 0 saturated carbocycles. The van der Waals surface area contributed by atoms with Crippen LogP contribution in [-0.2, 0) is 10.2 Å². The van der Waals surface area contributed by atoms with Gasteiger partial charge in [0.15, 0.2) is 11.6 Å². The topological polar surface area (TPSA) is 87.2 Å². The SMILES string of the molecule is Cc1cccc(Nc2ccc(NS(=O)(=O)N(C)C)nn2)c1C. The third-order valence-electron chi connectivity index (χ3n) is 3.25. The van der Waals surface area contributed by atoms with Crippen molar-refractivity contribution in [1.29, 1.82) is 0 Å². The van der Waals surface area contributed by atoms with Crippen LogP contribution in [0.3, 0.4) is 0 Å². The van der Waals surface area contributed by atoms with Gasteiger partial charge in [0.25, 0.3) is 0 Å². The summed E-state index contributed by atoms with van der Waals surface area (Å²) in [5.74, 6) is 0.710. The number of hydrogen-bond acceptors (Lipinski definition) is 5. The average Bonchev–Trinajstić information content (AvgIpc) is 2.45. The quantitative estimate of drug-likeness (QED) is 0.880. The fourth-order valence-corrected chi connectivity index (χ4v) is 2.26. The minimum atomic E-state index is -3.57. The monoisotopic (exact) mass is 321 g/mol. The van der Waals surface area contributed by atoms with Crippen molar-refractivity contribution in [1.82, 2.24) is 14.5 Å². The van der Waals surface area contributed by atoms with Gasteiger partial charge in [-0.15, -0.1) is 10.2 Å². The first-order chi connectivity index (χ1) is 10.3. The Morgan fingerprint density at radius 3 is 2.23 bits per heavy atom. The summed E-state index contributed by atoms with van der Waals surface area (Å²) in [6.45, 7) is 4.05. The number of aromatic nitrogens is 2. The fraction of sp³-hybridized carbons (Fsp3) is 0.286. The van der Waals surface area contributed by atoms with Crippen molar-refractivity contribution in [2.45, 2.75) is 13.8 Å². The Labute approximate surface area is 130 Å². The van der Waals surface area contributed by atoms with Crippen LogP contribution in [0.2, 0.25) is 0 Å². The Hall–Kier alpha value is -2.19. The maximum absolute atomic E-state index is 11.7. The molecule has 7 nitrogen and oxygen atoms in total. The van der Waals surface area contributed by atoms with Crippen LogP contribution < -0.4 is 10.0 Å². The summed E-state index contributed by atoms with van der Waals surface area (Å²) < 4.78 is 26.8. The minimum Gasteiger partial charge on any atom is -0.339 e. The number of benzene rings is 1. The molecular weight excluding hydrogens is 302 g/mol. The summed E-state index contributed by atoms with van der Waals surface area (Å²) in [6, 6.07) is 9.17. The predicted molar refractivity (Wildman–Crippen MR) is 87.5 cm³/mol. The molecule has 0 unspecified atom stereocenters. The largest absolute Gasteiger partial charge is 0.339 e. The van der Waals surface area contributed by atoms with Crippen molar-refractivity contribution < 1.29 is 8.42 Å². The van der Waals surface area contributed by atoms with Gasteiger partial charge in [0.05, 0.1) is 0 Å². The predicted octanol–water partition coefficient (Wildman–Crippen LogP) is 2.06. The van der Waals surface area contributed by atoms with Crippen LogP contribution in [0.15, 0.2) is 30.3 Å². The maximum Gasteiger partial charge on any atom is 0.302 e. The van der Waals surface area contributed by atoms with Gasteiger partial charge in [-0.2, -0.15) is 12.7 Å². The molecule has 0 radical (unpaired) electrons. The molecule has 0 spiro atoms. The van der Waals surface area contributed by atoms with Gasteiger partial charge in [0, 0.05) is 19.8 Å². The zero-order chi connectivity index (χ0) is 16.3. The van der Waals surface area contributed by atoms with E-state index in [0.29, 0.717) is 5.82 Å². The molecule has 0 aliphatic rings. The Kier molecular flexibility index (Phi) is 4.62. The van der Waals surface area contributed by atoms with E-state index in [4.69, 9.17) is 0 Å². The molecule has 0 saturated heterocycles. The highest BCUT2D eigenvalue weighted by atomic mass is 32.2. The van der Waals surface area contributed by atoms with Gasteiger partial charge in [0.2, 0.25) is 0 Å². The van der Waals surface area contributed by atoms with Gasteiger partial charge in [-0.25, -0.2) is 0 Å². The highest BCUT2D eigenvalue weighted by Gasteiger charge is 2.14.